The lowest BCUT2D eigenvalue weighted by atomic mass is 10.0. The van der Waals surface area contributed by atoms with Crippen LogP contribution < -0.4 is 10.5 Å². The van der Waals surface area contributed by atoms with Gasteiger partial charge in [-0.25, -0.2) is 8.42 Å². The average Bonchev–Trinajstić information content (AvgIpc) is 2.46. The Morgan fingerprint density at radius 2 is 2.05 bits per heavy atom. The molecule has 6 heteroatoms. The number of halogens is 1. The molecule has 1 atom stereocenters. The van der Waals surface area contributed by atoms with Crippen LogP contribution >= 0.6 is 11.6 Å². The van der Waals surface area contributed by atoms with Gasteiger partial charge in [0, 0.05) is 22.4 Å². The first-order chi connectivity index (χ1) is 9.89. The third-order valence-electron chi connectivity index (χ3n) is 3.36. The largest absolute Gasteiger partial charge is 0.493 e. The van der Waals surface area contributed by atoms with E-state index in [1.165, 1.54) is 0 Å². The number of hydrogen-bond acceptors (Lipinski definition) is 4. The summed E-state index contributed by atoms with van der Waals surface area (Å²) in [6, 6.07) is 5.51. The summed E-state index contributed by atoms with van der Waals surface area (Å²) in [6.45, 7) is 4.03. The molecule has 0 aliphatic rings. The van der Waals surface area contributed by atoms with Crippen molar-refractivity contribution in [2.45, 2.75) is 39.2 Å². The number of ether oxygens (including phenoxy) is 1. The van der Waals surface area contributed by atoms with Crippen molar-refractivity contribution in [3.8, 4) is 5.75 Å². The van der Waals surface area contributed by atoms with Crippen LogP contribution in [0.5, 0.6) is 5.75 Å². The third-order valence-corrected chi connectivity index (χ3v) is 5.51. The Labute approximate surface area is 132 Å². The molecule has 0 aromatic heterocycles. The standard InChI is InChI=1S/C15H24ClNO3S/c1-3-12(17)11-13-14(16)7-5-8-15(13)20-9-6-10-21(18,19)4-2/h5,7-8,12H,3-4,6,9-11,17H2,1-2H3. The Balaban J connectivity index is 2.64. The molecule has 1 aromatic carbocycles. The molecular formula is C15H24ClNO3S. The van der Waals surface area contributed by atoms with E-state index in [1.54, 1.807) is 6.92 Å². The van der Waals surface area contributed by atoms with Gasteiger partial charge in [0.1, 0.15) is 15.6 Å². The maximum absolute atomic E-state index is 11.4. The molecule has 21 heavy (non-hydrogen) atoms. The van der Waals surface area contributed by atoms with E-state index >= 15 is 0 Å². The van der Waals surface area contributed by atoms with Gasteiger partial charge in [0.05, 0.1) is 12.4 Å². The minimum absolute atomic E-state index is 0.0349. The lowest BCUT2D eigenvalue weighted by molar-refractivity contribution is 0.313. The second-order valence-electron chi connectivity index (χ2n) is 5.03. The van der Waals surface area contributed by atoms with E-state index in [2.05, 4.69) is 0 Å². The van der Waals surface area contributed by atoms with Crippen molar-refractivity contribution in [2.75, 3.05) is 18.1 Å². The van der Waals surface area contributed by atoms with Gasteiger partial charge in [-0.05, 0) is 31.4 Å². The van der Waals surface area contributed by atoms with Gasteiger partial charge in [-0.1, -0.05) is 31.5 Å². The van der Waals surface area contributed by atoms with Gasteiger partial charge in [-0.3, -0.25) is 0 Å². The van der Waals surface area contributed by atoms with Crippen LogP contribution in [-0.4, -0.2) is 32.6 Å². The number of benzene rings is 1. The van der Waals surface area contributed by atoms with Gasteiger partial charge in [0.15, 0.2) is 0 Å². The quantitative estimate of drug-likeness (QED) is 0.705. The molecule has 0 saturated heterocycles. The fourth-order valence-electron chi connectivity index (χ4n) is 1.88. The van der Waals surface area contributed by atoms with Crippen LogP contribution in [0, 0.1) is 0 Å². The summed E-state index contributed by atoms with van der Waals surface area (Å²) in [6.07, 6.45) is 1.99. The minimum Gasteiger partial charge on any atom is -0.493 e. The highest BCUT2D eigenvalue weighted by atomic mass is 35.5. The highest BCUT2D eigenvalue weighted by molar-refractivity contribution is 7.91. The van der Waals surface area contributed by atoms with Gasteiger partial charge in [0.25, 0.3) is 0 Å². The predicted octanol–water partition coefficient (Wildman–Crippen LogP) is 2.82. The lowest BCUT2D eigenvalue weighted by Gasteiger charge is -2.15. The van der Waals surface area contributed by atoms with E-state index in [0.29, 0.717) is 30.2 Å². The van der Waals surface area contributed by atoms with E-state index < -0.39 is 9.84 Å². The Morgan fingerprint density at radius 3 is 2.67 bits per heavy atom. The Hall–Kier alpha value is -0.780. The van der Waals surface area contributed by atoms with E-state index in [4.69, 9.17) is 22.1 Å². The summed E-state index contributed by atoms with van der Waals surface area (Å²) >= 11 is 6.21. The summed E-state index contributed by atoms with van der Waals surface area (Å²) in [7, 11) is -2.94. The molecule has 0 radical (unpaired) electrons. The van der Waals surface area contributed by atoms with Crippen LogP contribution in [0.15, 0.2) is 18.2 Å². The maximum atomic E-state index is 11.4. The van der Waals surface area contributed by atoms with Gasteiger partial charge < -0.3 is 10.5 Å². The lowest BCUT2D eigenvalue weighted by Crippen LogP contribution is -2.22. The van der Waals surface area contributed by atoms with Crippen molar-refractivity contribution in [1.82, 2.24) is 0 Å². The van der Waals surface area contributed by atoms with Gasteiger partial charge in [-0.15, -0.1) is 0 Å². The zero-order valence-corrected chi connectivity index (χ0v) is 14.2. The first kappa shape index (κ1) is 18.3. The van der Waals surface area contributed by atoms with Gasteiger partial charge in [0.2, 0.25) is 0 Å². The van der Waals surface area contributed by atoms with Crippen molar-refractivity contribution >= 4 is 21.4 Å². The highest BCUT2D eigenvalue weighted by Gasteiger charge is 2.12. The molecule has 4 nitrogen and oxygen atoms in total. The molecule has 0 bridgehead atoms. The molecule has 1 unspecified atom stereocenters. The molecular weight excluding hydrogens is 310 g/mol. The van der Waals surface area contributed by atoms with E-state index in [9.17, 15) is 8.42 Å². The molecule has 0 amide bonds. The van der Waals surface area contributed by atoms with Crippen LogP contribution in [-0.2, 0) is 16.3 Å². The molecule has 1 rings (SSSR count). The molecule has 2 N–H and O–H groups in total. The van der Waals surface area contributed by atoms with Crippen molar-refractivity contribution in [3.63, 3.8) is 0 Å². The van der Waals surface area contributed by atoms with Gasteiger partial charge in [-0.2, -0.15) is 0 Å². The van der Waals surface area contributed by atoms with Crippen LogP contribution in [0.1, 0.15) is 32.3 Å². The SMILES string of the molecule is CCC(N)Cc1c(Cl)cccc1OCCCS(=O)(=O)CC. The average molecular weight is 334 g/mol. The van der Waals surface area contributed by atoms with E-state index in [1.807, 2.05) is 25.1 Å². The molecule has 0 saturated carbocycles. The summed E-state index contributed by atoms with van der Waals surface area (Å²) in [5, 5.41) is 0.637. The smallest absolute Gasteiger partial charge is 0.150 e. The zero-order valence-electron chi connectivity index (χ0n) is 12.6. The molecule has 0 aliphatic heterocycles. The molecule has 0 heterocycles. The number of hydrogen-bond donors (Lipinski definition) is 1. The highest BCUT2D eigenvalue weighted by Crippen LogP contribution is 2.28. The van der Waals surface area contributed by atoms with Crippen molar-refractivity contribution < 1.29 is 13.2 Å². The van der Waals surface area contributed by atoms with Crippen molar-refractivity contribution in [1.29, 1.82) is 0 Å². The third kappa shape index (κ3) is 6.24. The molecule has 0 aliphatic carbocycles. The van der Waals surface area contributed by atoms with Crippen molar-refractivity contribution in [2.24, 2.45) is 5.73 Å². The predicted molar refractivity (Wildman–Crippen MR) is 87.9 cm³/mol. The number of rotatable bonds is 9. The monoisotopic (exact) mass is 333 g/mol. The summed E-state index contributed by atoms with van der Waals surface area (Å²) in [5.74, 6) is 1.01. The zero-order chi connectivity index (χ0) is 15.9. The van der Waals surface area contributed by atoms with Gasteiger partial charge >= 0.3 is 0 Å². The second-order valence-corrected chi connectivity index (χ2v) is 7.91. The van der Waals surface area contributed by atoms with Crippen LogP contribution in [0.4, 0.5) is 0 Å². The maximum Gasteiger partial charge on any atom is 0.150 e. The molecule has 0 fully saturated rings. The molecule has 0 spiro atoms. The van der Waals surface area contributed by atoms with Crippen molar-refractivity contribution in [3.05, 3.63) is 28.8 Å². The van der Waals surface area contributed by atoms with Crippen LogP contribution in [0.2, 0.25) is 5.02 Å². The number of sulfone groups is 1. The minimum atomic E-state index is -2.94. The second kappa shape index (κ2) is 8.61. The van der Waals surface area contributed by atoms with Crippen LogP contribution in [0.3, 0.4) is 0 Å². The summed E-state index contributed by atoms with van der Waals surface area (Å²) in [5.41, 5.74) is 6.87. The summed E-state index contributed by atoms with van der Waals surface area (Å²) in [4.78, 5) is 0. The van der Waals surface area contributed by atoms with E-state index in [-0.39, 0.29) is 17.5 Å². The van der Waals surface area contributed by atoms with Crippen LogP contribution in [0.25, 0.3) is 0 Å². The first-order valence-corrected chi connectivity index (χ1v) is 9.45. The Bertz CT molecular complexity index is 546. The normalized spacial score (nSPS) is 13.1. The first-order valence-electron chi connectivity index (χ1n) is 7.25. The molecule has 120 valence electrons. The fourth-order valence-corrected chi connectivity index (χ4v) is 2.97. The number of nitrogens with two attached hydrogens (primary N) is 1. The Morgan fingerprint density at radius 1 is 1.33 bits per heavy atom. The fraction of sp³-hybridized carbons (Fsp3) is 0.600. The topological polar surface area (TPSA) is 69.4 Å². The Kier molecular flexibility index (Phi) is 7.49. The molecule has 1 aromatic rings. The van der Waals surface area contributed by atoms with E-state index in [0.717, 1.165) is 12.0 Å². The summed E-state index contributed by atoms with van der Waals surface area (Å²) < 4.78 is 28.5.